The van der Waals surface area contributed by atoms with Gasteiger partial charge in [-0.3, -0.25) is 0 Å². The molecule has 1 aromatic carbocycles. The fraction of sp³-hybridized carbons (Fsp3) is 0.471. The summed E-state index contributed by atoms with van der Waals surface area (Å²) in [5.41, 5.74) is 1.85. The van der Waals surface area contributed by atoms with Crippen molar-refractivity contribution in [1.82, 2.24) is 15.2 Å². The number of nitrogens with one attached hydrogen (secondary N) is 2. The van der Waals surface area contributed by atoms with Gasteiger partial charge in [-0.25, -0.2) is 13.2 Å². The Morgan fingerprint density at radius 2 is 2.20 bits per heavy atom. The van der Waals surface area contributed by atoms with Crippen LogP contribution in [-0.2, 0) is 16.4 Å². The Bertz CT molecular complexity index is 875. The third kappa shape index (κ3) is 3.89. The Morgan fingerprint density at radius 3 is 2.84 bits per heavy atom. The molecule has 0 unspecified atom stereocenters. The molecule has 0 aliphatic carbocycles. The van der Waals surface area contributed by atoms with Crippen LogP contribution >= 0.6 is 0 Å². The fourth-order valence-corrected chi connectivity index (χ4v) is 4.98. The van der Waals surface area contributed by atoms with Crippen LogP contribution in [0, 0.1) is 0 Å². The van der Waals surface area contributed by atoms with E-state index in [9.17, 15) is 13.2 Å². The number of carbonyl (C=O) groups is 1. The zero-order chi connectivity index (χ0) is 18.0. The smallest absolute Gasteiger partial charge is 0.317 e. The predicted octanol–water partition coefficient (Wildman–Crippen LogP) is 1.90. The van der Waals surface area contributed by atoms with Gasteiger partial charge in [0.05, 0.1) is 25.2 Å². The minimum absolute atomic E-state index is 0.0560. The van der Waals surface area contributed by atoms with Crippen LogP contribution in [0.4, 0.5) is 4.79 Å². The van der Waals surface area contributed by atoms with E-state index < -0.39 is 9.84 Å². The first-order valence-electron chi connectivity index (χ1n) is 8.32. The van der Waals surface area contributed by atoms with E-state index in [1.54, 1.807) is 12.0 Å². The molecule has 0 bridgehead atoms. The number of urea groups is 1. The van der Waals surface area contributed by atoms with Gasteiger partial charge in [0, 0.05) is 29.2 Å². The van der Waals surface area contributed by atoms with Gasteiger partial charge in [0.15, 0.2) is 9.84 Å². The van der Waals surface area contributed by atoms with Crippen LogP contribution in [0.25, 0.3) is 10.9 Å². The van der Waals surface area contributed by atoms with E-state index in [0.717, 1.165) is 22.3 Å². The Balaban J connectivity index is 1.65. The average Bonchev–Trinajstić information content (AvgIpc) is 3.15. The summed E-state index contributed by atoms with van der Waals surface area (Å²) in [7, 11) is -1.39. The van der Waals surface area contributed by atoms with E-state index >= 15 is 0 Å². The maximum atomic E-state index is 12.4. The van der Waals surface area contributed by atoms with E-state index in [1.807, 2.05) is 31.2 Å². The van der Waals surface area contributed by atoms with E-state index in [-0.39, 0.29) is 23.6 Å². The summed E-state index contributed by atoms with van der Waals surface area (Å²) in [4.78, 5) is 17.3. The maximum Gasteiger partial charge on any atom is 0.317 e. The molecule has 1 aliphatic rings. The first kappa shape index (κ1) is 17.6. The number of sulfone groups is 1. The number of fused-ring (bicyclic) bond motifs is 1. The minimum Gasteiger partial charge on any atom is -0.497 e. The second-order valence-corrected chi connectivity index (χ2v) is 8.48. The fourth-order valence-electron chi connectivity index (χ4n) is 3.25. The Hall–Kier alpha value is -2.22. The average molecular weight is 365 g/mol. The molecule has 0 radical (unpaired) electrons. The van der Waals surface area contributed by atoms with Crippen LogP contribution in [0.1, 0.15) is 19.0 Å². The molecule has 2 amide bonds. The summed E-state index contributed by atoms with van der Waals surface area (Å²) in [6.07, 6.45) is 0.510. The second-order valence-electron chi connectivity index (χ2n) is 6.25. The van der Waals surface area contributed by atoms with Crippen molar-refractivity contribution in [3.8, 4) is 5.75 Å². The highest BCUT2D eigenvalue weighted by atomic mass is 32.2. The third-order valence-corrected chi connectivity index (χ3v) is 6.31. The van der Waals surface area contributed by atoms with Crippen LogP contribution in [0.2, 0.25) is 0 Å². The molecule has 1 fully saturated rings. The number of aromatic amines is 1. The molecular formula is C17H23N3O4S. The van der Waals surface area contributed by atoms with Crippen LogP contribution in [0.3, 0.4) is 0 Å². The molecule has 0 spiro atoms. The molecule has 1 aliphatic heterocycles. The third-order valence-electron chi connectivity index (χ3n) is 4.56. The van der Waals surface area contributed by atoms with Gasteiger partial charge in [-0.2, -0.15) is 0 Å². The first-order valence-corrected chi connectivity index (χ1v) is 10.1. The molecule has 1 saturated heterocycles. The molecule has 2 aromatic rings. The highest BCUT2D eigenvalue weighted by Gasteiger charge is 2.33. The number of ether oxygens (including phenoxy) is 1. The SMILES string of the molecule is CCN(C(=O)NCc1cc2cc(OC)ccc2[nH]1)[C@H]1CCS(=O)(=O)C1. The number of methoxy groups -OCH3 is 1. The summed E-state index contributed by atoms with van der Waals surface area (Å²) in [5, 5.41) is 3.89. The summed E-state index contributed by atoms with van der Waals surface area (Å²) in [6.45, 7) is 2.70. The largest absolute Gasteiger partial charge is 0.497 e. The number of amides is 2. The Kier molecular flexibility index (Phi) is 4.89. The molecule has 2 N–H and O–H groups in total. The molecule has 1 atom stereocenters. The van der Waals surface area contributed by atoms with E-state index in [0.29, 0.717) is 19.5 Å². The van der Waals surface area contributed by atoms with Gasteiger partial charge in [0.25, 0.3) is 0 Å². The lowest BCUT2D eigenvalue weighted by atomic mass is 10.2. The van der Waals surface area contributed by atoms with Crippen LogP contribution < -0.4 is 10.1 Å². The summed E-state index contributed by atoms with van der Waals surface area (Å²) >= 11 is 0. The van der Waals surface area contributed by atoms with Crippen molar-refractivity contribution >= 4 is 26.8 Å². The van der Waals surface area contributed by atoms with Crippen molar-refractivity contribution in [2.75, 3.05) is 25.2 Å². The topological polar surface area (TPSA) is 91.5 Å². The molecular weight excluding hydrogens is 342 g/mol. The lowest BCUT2D eigenvalue weighted by Gasteiger charge is -2.26. The molecule has 2 heterocycles. The van der Waals surface area contributed by atoms with Gasteiger partial charge in [-0.15, -0.1) is 0 Å². The summed E-state index contributed by atoms with van der Waals surface area (Å²) < 4.78 is 28.5. The van der Waals surface area contributed by atoms with Crippen LogP contribution in [0.5, 0.6) is 5.75 Å². The van der Waals surface area contributed by atoms with E-state index in [4.69, 9.17) is 4.74 Å². The molecule has 25 heavy (non-hydrogen) atoms. The lowest BCUT2D eigenvalue weighted by molar-refractivity contribution is 0.183. The quantitative estimate of drug-likeness (QED) is 0.846. The minimum atomic E-state index is -3.01. The van der Waals surface area contributed by atoms with Crippen molar-refractivity contribution in [3.05, 3.63) is 30.0 Å². The normalized spacial score (nSPS) is 19.0. The number of benzene rings is 1. The summed E-state index contributed by atoms with van der Waals surface area (Å²) in [6, 6.07) is 7.23. The number of carbonyl (C=O) groups excluding carboxylic acids is 1. The number of H-pyrrole nitrogens is 1. The zero-order valence-corrected chi connectivity index (χ0v) is 15.2. The number of rotatable bonds is 5. The highest BCUT2D eigenvalue weighted by Crippen LogP contribution is 2.22. The monoisotopic (exact) mass is 365 g/mol. The molecule has 3 rings (SSSR count). The molecule has 136 valence electrons. The first-order chi connectivity index (χ1) is 11.9. The molecule has 7 nitrogen and oxygen atoms in total. The van der Waals surface area contributed by atoms with Gasteiger partial charge in [-0.05, 0) is 37.6 Å². The van der Waals surface area contributed by atoms with Crippen molar-refractivity contribution in [3.63, 3.8) is 0 Å². The Morgan fingerprint density at radius 1 is 1.40 bits per heavy atom. The van der Waals surface area contributed by atoms with Crippen molar-refractivity contribution in [1.29, 1.82) is 0 Å². The van der Waals surface area contributed by atoms with E-state index in [2.05, 4.69) is 10.3 Å². The van der Waals surface area contributed by atoms with Crippen LogP contribution in [-0.4, -0.2) is 55.5 Å². The van der Waals surface area contributed by atoms with Gasteiger partial charge in [0.2, 0.25) is 0 Å². The summed E-state index contributed by atoms with van der Waals surface area (Å²) in [5.74, 6) is 0.993. The number of aromatic nitrogens is 1. The predicted molar refractivity (Wildman–Crippen MR) is 96.5 cm³/mol. The van der Waals surface area contributed by atoms with Crippen molar-refractivity contribution < 1.29 is 17.9 Å². The lowest BCUT2D eigenvalue weighted by Crippen LogP contribution is -2.46. The Labute approximate surface area is 147 Å². The number of nitrogens with zero attached hydrogens (tertiary/aromatic N) is 1. The molecule has 0 saturated carbocycles. The maximum absolute atomic E-state index is 12.4. The van der Waals surface area contributed by atoms with Crippen molar-refractivity contribution in [2.24, 2.45) is 0 Å². The zero-order valence-electron chi connectivity index (χ0n) is 14.4. The molecule has 1 aromatic heterocycles. The number of hydrogen-bond donors (Lipinski definition) is 2. The van der Waals surface area contributed by atoms with E-state index in [1.165, 1.54) is 0 Å². The number of hydrogen-bond acceptors (Lipinski definition) is 4. The van der Waals surface area contributed by atoms with Gasteiger partial charge < -0.3 is 19.9 Å². The van der Waals surface area contributed by atoms with Gasteiger partial charge in [0.1, 0.15) is 5.75 Å². The van der Waals surface area contributed by atoms with Crippen LogP contribution in [0.15, 0.2) is 24.3 Å². The highest BCUT2D eigenvalue weighted by molar-refractivity contribution is 7.91. The second kappa shape index (κ2) is 6.95. The van der Waals surface area contributed by atoms with Gasteiger partial charge in [-0.1, -0.05) is 0 Å². The standard InChI is InChI=1S/C17H23N3O4S/c1-3-20(14-6-7-25(22,23)11-14)17(21)18-10-13-8-12-9-15(24-2)4-5-16(12)19-13/h4-5,8-9,14,19H,3,6-7,10-11H2,1-2H3,(H,18,21)/t14-/m0/s1. The van der Waals surface area contributed by atoms with Crippen molar-refractivity contribution in [2.45, 2.75) is 25.9 Å². The molecule has 8 heteroatoms. The van der Waals surface area contributed by atoms with Gasteiger partial charge >= 0.3 is 6.03 Å².